The maximum Gasteiger partial charge on any atom is 0.326 e. The van der Waals surface area contributed by atoms with E-state index in [2.05, 4.69) is 5.32 Å². The highest BCUT2D eigenvalue weighted by molar-refractivity contribution is 5.87. The Bertz CT molecular complexity index is 651. The molecule has 8 heteroatoms. The first-order valence-electron chi connectivity index (χ1n) is 9.02. The first-order chi connectivity index (χ1) is 12.9. The van der Waals surface area contributed by atoms with Crippen LogP contribution in [-0.4, -0.2) is 64.2 Å². The Hall–Kier alpha value is -2.45. The summed E-state index contributed by atoms with van der Waals surface area (Å²) in [4.78, 5) is 36.1. The molecule has 1 amide bonds. The van der Waals surface area contributed by atoms with E-state index in [9.17, 15) is 19.5 Å². The minimum absolute atomic E-state index is 0.0186. The third-order valence-corrected chi connectivity index (χ3v) is 4.55. The molecule has 1 saturated heterocycles. The highest BCUT2D eigenvalue weighted by Gasteiger charge is 2.41. The predicted molar refractivity (Wildman–Crippen MR) is 97.1 cm³/mol. The Labute approximate surface area is 158 Å². The Morgan fingerprint density at radius 3 is 2.59 bits per heavy atom. The smallest absolute Gasteiger partial charge is 0.326 e. The summed E-state index contributed by atoms with van der Waals surface area (Å²) in [6, 6.07) is 8.06. The molecule has 1 aliphatic rings. The van der Waals surface area contributed by atoms with Crippen molar-refractivity contribution in [3.05, 3.63) is 35.9 Å². The van der Waals surface area contributed by atoms with E-state index in [1.165, 1.54) is 4.90 Å². The van der Waals surface area contributed by atoms with Crippen LogP contribution in [0.4, 0.5) is 0 Å². The van der Waals surface area contributed by atoms with E-state index in [1.54, 1.807) is 6.92 Å². The Balaban J connectivity index is 1.88. The summed E-state index contributed by atoms with van der Waals surface area (Å²) >= 11 is 0. The van der Waals surface area contributed by atoms with Crippen LogP contribution >= 0.6 is 0 Å². The van der Waals surface area contributed by atoms with Crippen LogP contribution in [0.3, 0.4) is 0 Å². The third kappa shape index (κ3) is 6.33. The number of aliphatic carboxylic acids is 2. The molecule has 0 spiro atoms. The molecule has 1 unspecified atom stereocenters. The fourth-order valence-corrected chi connectivity index (χ4v) is 3.08. The second kappa shape index (κ2) is 10.0. The quantitative estimate of drug-likeness (QED) is 0.522. The number of carbonyl (C=O) groups excluding carboxylic acids is 1. The van der Waals surface area contributed by atoms with Crippen LogP contribution < -0.4 is 5.32 Å². The molecular formula is C19H26N2O6. The van der Waals surface area contributed by atoms with Crippen LogP contribution in [0, 0.1) is 0 Å². The van der Waals surface area contributed by atoms with Crippen LogP contribution in [-0.2, 0) is 25.7 Å². The number of rotatable bonds is 10. The molecule has 2 rings (SSSR count). The van der Waals surface area contributed by atoms with Gasteiger partial charge in [0.05, 0.1) is 18.8 Å². The van der Waals surface area contributed by atoms with E-state index in [0.717, 1.165) is 5.56 Å². The lowest BCUT2D eigenvalue weighted by atomic mass is 10.2. The number of hydrogen-bond donors (Lipinski definition) is 3. The van der Waals surface area contributed by atoms with Gasteiger partial charge in [-0.1, -0.05) is 30.3 Å². The molecule has 0 aromatic heterocycles. The second-order valence-electron chi connectivity index (χ2n) is 6.67. The normalized spacial score (nSPS) is 20.4. The van der Waals surface area contributed by atoms with Crippen molar-refractivity contribution in [1.82, 2.24) is 10.2 Å². The maximum absolute atomic E-state index is 12.6. The predicted octanol–water partition coefficient (Wildman–Crippen LogP) is 1.10. The Morgan fingerprint density at radius 1 is 1.26 bits per heavy atom. The van der Waals surface area contributed by atoms with Gasteiger partial charge in [-0.25, -0.2) is 4.79 Å². The monoisotopic (exact) mass is 378 g/mol. The molecule has 1 aliphatic heterocycles. The number of nitrogens with zero attached hydrogens (tertiary/aromatic N) is 1. The number of hydrogen-bond acceptors (Lipinski definition) is 5. The highest BCUT2D eigenvalue weighted by atomic mass is 16.5. The molecule has 0 saturated carbocycles. The van der Waals surface area contributed by atoms with Gasteiger partial charge in [-0.3, -0.25) is 9.59 Å². The Kier molecular flexibility index (Phi) is 7.75. The summed E-state index contributed by atoms with van der Waals surface area (Å²) in [6.45, 7) is 2.62. The molecule has 1 heterocycles. The first-order valence-corrected chi connectivity index (χ1v) is 9.02. The van der Waals surface area contributed by atoms with Gasteiger partial charge >= 0.3 is 11.9 Å². The molecule has 3 N–H and O–H groups in total. The van der Waals surface area contributed by atoms with Crippen molar-refractivity contribution in [1.29, 1.82) is 0 Å². The summed E-state index contributed by atoms with van der Waals surface area (Å²) < 4.78 is 5.81. The van der Waals surface area contributed by atoms with Crippen molar-refractivity contribution >= 4 is 17.8 Å². The molecule has 3 atom stereocenters. The molecule has 0 bridgehead atoms. The number of carboxylic acid groups (broad SMARTS) is 2. The lowest BCUT2D eigenvalue weighted by molar-refractivity contribution is -0.148. The lowest BCUT2D eigenvalue weighted by Gasteiger charge is -2.25. The summed E-state index contributed by atoms with van der Waals surface area (Å²) in [5, 5.41) is 21.1. The molecule has 1 aromatic rings. The molecular weight excluding hydrogens is 352 g/mol. The fourth-order valence-electron chi connectivity index (χ4n) is 3.08. The van der Waals surface area contributed by atoms with E-state index in [0.29, 0.717) is 19.6 Å². The van der Waals surface area contributed by atoms with Crippen molar-refractivity contribution < 1.29 is 29.3 Å². The zero-order valence-corrected chi connectivity index (χ0v) is 15.3. The van der Waals surface area contributed by atoms with Gasteiger partial charge in [0.1, 0.15) is 6.04 Å². The number of carboxylic acids is 2. The Morgan fingerprint density at radius 2 is 1.96 bits per heavy atom. The van der Waals surface area contributed by atoms with Gasteiger partial charge < -0.3 is 25.2 Å². The number of likely N-dealkylation sites (tertiary alicyclic amines) is 1. The highest BCUT2D eigenvalue weighted by Crippen LogP contribution is 2.22. The largest absolute Gasteiger partial charge is 0.481 e. The van der Waals surface area contributed by atoms with Crippen molar-refractivity contribution in [3.8, 4) is 0 Å². The van der Waals surface area contributed by atoms with Gasteiger partial charge in [-0.2, -0.15) is 0 Å². The SMILES string of the molecule is CC(NCCCC(=O)O)C(=O)N1C[C@@H](OCc2ccccc2)C[C@H]1C(=O)O. The summed E-state index contributed by atoms with van der Waals surface area (Å²) in [6.07, 6.45) is 0.331. The second-order valence-corrected chi connectivity index (χ2v) is 6.67. The number of nitrogens with one attached hydrogen (secondary N) is 1. The molecule has 8 nitrogen and oxygen atoms in total. The average molecular weight is 378 g/mol. The van der Waals surface area contributed by atoms with Crippen LogP contribution in [0.15, 0.2) is 30.3 Å². The molecule has 1 fully saturated rings. The fraction of sp³-hybridized carbons (Fsp3) is 0.526. The van der Waals surface area contributed by atoms with Crippen LogP contribution in [0.2, 0.25) is 0 Å². The van der Waals surface area contributed by atoms with E-state index in [1.807, 2.05) is 30.3 Å². The average Bonchev–Trinajstić information content (AvgIpc) is 3.08. The first kappa shape index (κ1) is 20.9. The van der Waals surface area contributed by atoms with Crippen molar-refractivity contribution in [2.45, 2.75) is 51.0 Å². The van der Waals surface area contributed by atoms with Gasteiger partial charge in [0.25, 0.3) is 0 Å². The van der Waals surface area contributed by atoms with Gasteiger partial charge in [0.2, 0.25) is 5.91 Å². The topological polar surface area (TPSA) is 116 Å². The number of ether oxygens (including phenoxy) is 1. The van der Waals surface area contributed by atoms with Crippen molar-refractivity contribution in [3.63, 3.8) is 0 Å². The van der Waals surface area contributed by atoms with Crippen molar-refractivity contribution in [2.24, 2.45) is 0 Å². The van der Waals surface area contributed by atoms with E-state index < -0.39 is 24.0 Å². The standard InChI is InChI=1S/C19H26N2O6/c1-13(20-9-5-8-17(22)23)18(24)21-11-15(10-16(21)19(25)26)27-12-14-6-3-2-4-7-14/h2-4,6-7,13,15-16,20H,5,8-12H2,1H3,(H,22,23)(H,25,26)/t13?,15-,16-/m0/s1. The molecule has 0 radical (unpaired) electrons. The summed E-state index contributed by atoms with van der Waals surface area (Å²) in [5.41, 5.74) is 0.989. The van der Waals surface area contributed by atoms with Crippen LogP contribution in [0.25, 0.3) is 0 Å². The molecule has 148 valence electrons. The molecule has 27 heavy (non-hydrogen) atoms. The maximum atomic E-state index is 12.6. The van der Waals surface area contributed by atoms with Crippen LogP contribution in [0.1, 0.15) is 31.7 Å². The minimum Gasteiger partial charge on any atom is -0.481 e. The zero-order valence-electron chi connectivity index (χ0n) is 15.3. The number of carbonyl (C=O) groups is 3. The van der Waals surface area contributed by atoms with E-state index in [-0.39, 0.29) is 31.4 Å². The summed E-state index contributed by atoms with van der Waals surface area (Å²) in [7, 11) is 0. The van der Waals surface area contributed by atoms with E-state index in [4.69, 9.17) is 9.84 Å². The number of amides is 1. The molecule has 0 aliphatic carbocycles. The lowest BCUT2D eigenvalue weighted by Crippen LogP contribution is -2.49. The van der Waals surface area contributed by atoms with Crippen LogP contribution in [0.5, 0.6) is 0 Å². The third-order valence-electron chi connectivity index (χ3n) is 4.55. The van der Waals surface area contributed by atoms with Gasteiger partial charge in [-0.15, -0.1) is 0 Å². The van der Waals surface area contributed by atoms with Crippen molar-refractivity contribution in [2.75, 3.05) is 13.1 Å². The van der Waals surface area contributed by atoms with Gasteiger partial charge in [-0.05, 0) is 25.5 Å². The zero-order chi connectivity index (χ0) is 19.8. The summed E-state index contributed by atoms with van der Waals surface area (Å²) in [5.74, 6) is -2.25. The van der Waals surface area contributed by atoms with Gasteiger partial charge in [0, 0.05) is 19.4 Å². The number of benzene rings is 1. The minimum atomic E-state index is -1.05. The molecule has 1 aromatic carbocycles. The van der Waals surface area contributed by atoms with E-state index >= 15 is 0 Å². The van der Waals surface area contributed by atoms with Gasteiger partial charge in [0.15, 0.2) is 0 Å².